The summed E-state index contributed by atoms with van der Waals surface area (Å²) in [4.78, 5) is 21.7. The number of benzene rings is 1. The molecule has 2 atom stereocenters. The summed E-state index contributed by atoms with van der Waals surface area (Å²) in [5.74, 6) is 0.788. The van der Waals surface area contributed by atoms with Gasteiger partial charge in [-0.2, -0.15) is 4.37 Å². The molecule has 1 aliphatic rings. The van der Waals surface area contributed by atoms with Crippen molar-refractivity contribution in [2.24, 2.45) is 11.7 Å². The predicted molar refractivity (Wildman–Crippen MR) is 120 cm³/mol. The van der Waals surface area contributed by atoms with Crippen LogP contribution in [0, 0.1) is 5.92 Å². The summed E-state index contributed by atoms with van der Waals surface area (Å²) in [6.07, 6.45) is 1.78. The van der Waals surface area contributed by atoms with Crippen LogP contribution in [0.15, 0.2) is 30.3 Å². The normalized spacial score (nSPS) is 16.4. The van der Waals surface area contributed by atoms with Gasteiger partial charge in [-0.3, -0.25) is 4.79 Å². The Morgan fingerprint density at radius 3 is 2.54 bits per heavy atom. The number of nitrogens with two attached hydrogens (primary N) is 1. The van der Waals surface area contributed by atoms with Crippen molar-refractivity contribution < 1.29 is 4.79 Å². The third-order valence-corrected chi connectivity index (χ3v) is 5.78. The van der Waals surface area contributed by atoms with Crippen LogP contribution < -0.4 is 10.6 Å². The van der Waals surface area contributed by atoms with Gasteiger partial charge in [-0.15, -0.1) is 24.8 Å². The topological polar surface area (TPSA) is 75.4 Å². The Labute approximate surface area is 183 Å². The molecule has 1 aromatic heterocycles. The summed E-state index contributed by atoms with van der Waals surface area (Å²) in [5, 5.41) is 0.963. The second-order valence-electron chi connectivity index (χ2n) is 6.74. The van der Waals surface area contributed by atoms with Crippen molar-refractivity contribution in [3.63, 3.8) is 0 Å². The molecule has 3 rings (SSSR count). The van der Waals surface area contributed by atoms with E-state index in [0.717, 1.165) is 49.0 Å². The maximum atomic E-state index is 13.0. The molecule has 1 saturated heterocycles. The zero-order valence-corrected chi connectivity index (χ0v) is 18.7. The van der Waals surface area contributed by atoms with Crippen molar-refractivity contribution in [1.29, 1.82) is 0 Å². The van der Waals surface area contributed by atoms with Crippen molar-refractivity contribution in [3.05, 3.63) is 41.7 Å². The number of amides is 1. The van der Waals surface area contributed by atoms with E-state index in [1.807, 2.05) is 42.2 Å². The molecular weight excluding hydrogens is 417 g/mol. The quantitative estimate of drug-likeness (QED) is 0.763. The maximum Gasteiger partial charge on any atom is 0.227 e. The number of carbonyl (C=O) groups excluding carboxylic acids is 1. The average molecular weight is 446 g/mol. The van der Waals surface area contributed by atoms with E-state index in [1.165, 1.54) is 11.5 Å². The Bertz CT molecular complexity index is 730. The lowest BCUT2D eigenvalue weighted by molar-refractivity contribution is -0.135. The van der Waals surface area contributed by atoms with E-state index in [0.29, 0.717) is 6.54 Å². The first-order chi connectivity index (χ1) is 12.6. The molecule has 0 radical (unpaired) electrons. The number of hydrogen-bond acceptors (Lipinski definition) is 6. The lowest BCUT2D eigenvalue weighted by atomic mass is 9.94. The summed E-state index contributed by atoms with van der Waals surface area (Å²) < 4.78 is 4.37. The lowest BCUT2D eigenvalue weighted by Gasteiger charge is -2.27. The van der Waals surface area contributed by atoms with Crippen LogP contribution in [0.3, 0.4) is 0 Å². The fourth-order valence-corrected chi connectivity index (χ4v) is 4.05. The standard InChI is InChI=1S/C19H27N5OS.2ClH/c1-3-16-21-19(26-22-16)24-11-7-10-23(12-13-24)18(25)14(2)17(20)15-8-5-4-6-9-15;;/h4-6,8-9,14,17H,3,7,10-13,20H2,1-2H3;2*1H. The highest BCUT2D eigenvalue weighted by Crippen LogP contribution is 2.23. The van der Waals surface area contributed by atoms with Gasteiger partial charge in [0.1, 0.15) is 5.82 Å². The van der Waals surface area contributed by atoms with Gasteiger partial charge in [0.05, 0.1) is 5.92 Å². The molecule has 156 valence electrons. The SMILES string of the molecule is CCc1nsc(N2CCCN(C(=O)C(C)C(N)c3ccccc3)CC2)n1.Cl.Cl. The van der Waals surface area contributed by atoms with E-state index in [4.69, 9.17) is 5.73 Å². The zero-order chi connectivity index (χ0) is 18.5. The van der Waals surface area contributed by atoms with Gasteiger partial charge in [-0.1, -0.05) is 44.2 Å². The Balaban J connectivity index is 0.00000196. The van der Waals surface area contributed by atoms with Gasteiger partial charge < -0.3 is 15.5 Å². The van der Waals surface area contributed by atoms with Crippen LogP contribution in [0.2, 0.25) is 0 Å². The van der Waals surface area contributed by atoms with Crippen molar-refractivity contribution in [3.8, 4) is 0 Å². The maximum absolute atomic E-state index is 13.0. The first-order valence-electron chi connectivity index (χ1n) is 9.27. The Morgan fingerprint density at radius 1 is 1.18 bits per heavy atom. The minimum absolute atomic E-state index is 0. The first kappa shape index (κ1) is 24.6. The van der Waals surface area contributed by atoms with Crippen LogP contribution in [0.1, 0.15) is 37.7 Å². The van der Waals surface area contributed by atoms with Gasteiger partial charge in [0.25, 0.3) is 0 Å². The van der Waals surface area contributed by atoms with Crippen LogP contribution >= 0.6 is 36.3 Å². The number of carbonyl (C=O) groups is 1. The largest absolute Gasteiger partial charge is 0.345 e. The summed E-state index contributed by atoms with van der Waals surface area (Å²) in [5.41, 5.74) is 7.35. The molecule has 0 aliphatic carbocycles. The second-order valence-corrected chi connectivity index (χ2v) is 7.47. The summed E-state index contributed by atoms with van der Waals surface area (Å²) in [7, 11) is 0. The molecule has 1 aliphatic heterocycles. The minimum Gasteiger partial charge on any atom is -0.345 e. The molecule has 1 aromatic carbocycles. The van der Waals surface area contributed by atoms with Gasteiger partial charge in [0.15, 0.2) is 0 Å². The highest BCUT2D eigenvalue weighted by Gasteiger charge is 2.28. The van der Waals surface area contributed by atoms with Crippen LogP contribution in [0.4, 0.5) is 5.13 Å². The third kappa shape index (κ3) is 5.80. The van der Waals surface area contributed by atoms with Crippen LogP contribution in [-0.2, 0) is 11.2 Å². The molecule has 0 bridgehead atoms. The number of aromatic nitrogens is 2. The average Bonchev–Trinajstić information content (AvgIpc) is 3.04. The summed E-state index contributed by atoms with van der Waals surface area (Å²) >= 11 is 1.45. The highest BCUT2D eigenvalue weighted by molar-refractivity contribution is 7.09. The molecule has 0 saturated carbocycles. The monoisotopic (exact) mass is 445 g/mol. The fraction of sp³-hybridized carbons (Fsp3) is 0.526. The molecule has 1 amide bonds. The van der Waals surface area contributed by atoms with E-state index >= 15 is 0 Å². The van der Waals surface area contributed by atoms with Crippen molar-refractivity contribution in [1.82, 2.24) is 14.3 Å². The summed E-state index contributed by atoms with van der Waals surface area (Å²) in [6.45, 7) is 7.15. The zero-order valence-electron chi connectivity index (χ0n) is 16.3. The lowest BCUT2D eigenvalue weighted by Crippen LogP contribution is -2.41. The van der Waals surface area contributed by atoms with Crippen molar-refractivity contribution in [2.45, 2.75) is 32.7 Å². The van der Waals surface area contributed by atoms with E-state index in [2.05, 4.69) is 21.2 Å². The minimum atomic E-state index is -0.279. The molecule has 2 heterocycles. The predicted octanol–water partition coefficient (Wildman–Crippen LogP) is 3.32. The number of halogens is 2. The number of rotatable bonds is 5. The van der Waals surface area contributed by atoms with Gasteiger partial charge in [-0.25, -0.2) is 4.98 Å². The van der Waals surface area contributed by atoms with E-state index in [9.17, 15) is 4.79 Å². The molecule has 28 heavy (non-hydrogen) atoms. The molecule has 6 nitrogen and oxygen atoms in total. The molecule has 2 N–H and O–H groups in total. The number of nitrogens with zero attached hydrogens (tertiary/aromatic N) is 4. The smallest absolute Gasteiger partial charge is 0.227 e. The highest BCUT2D eigenvalue weighted by atomic mass is 35.5. The fourth-order valence-electron chi connectivity index (χ4n) is 3.25. The Hall–Kier alpha value is -1.41. The van der Waals surface area contributed by atoms with Crippen LogP contribution in [0.25, 0.3) is 0 Å². The number of aryl methyl sites for hydroxylation is 1. The Morgan fingerprint density at radius 2 is 1.89 bits per heavy atom. The molecule has 2 aromatic rings. The van der Waals surface area contributed by atoms with Gasteiger partial charge in [-0.05, 0) is 12.0 Å². The van der Waals surface area contributed by atoms with Gasteiger partial charge >= 0.3 is 0 Å². The van der Waals surface area contributed by atoms with Crippen molar-refractivity contribution >= 4 is 47.4 Å². The number of hydrogen-bond donors (Lipinski definition) is 1. The molecule has 9 heteroatoms. The molecule has 0 spiro atoms. The molecular formula is C19H29Cl2N5OS. The first-order valence-corrected chi connectivity index (χ1v) is 10.0. The number of anilines is 1. The van der Waals surface area contributed by atoms with E-state index < -0.39 is 0 Å². The third-order valence-electron chi connectivity index (χ3n) is 4.96. The van der Waals surface area contributed by atoms with Gasteiger partial charge in [0, 0.05) is 50.2 Å². The molecule has 2 unspecified atom stereocenters. The molecule has 1 fully saturated rings. The van der Waals surface area contributed by atoms with Crippen LogP contribution in [-0.4, -0.2) is 46.3 Å². The Kier molecular flexibility index (Phi) is 10.2. The van der Waals surface area contributed by atoms with Crippen LogP contribution in [0.5, 0.6) is 0 Å². The van der Waals surface area contributed by atoms with Crippen molar-refractivity contribution in [2.75, 3.05) is 31.1 Å². The summed E-state index contributed by atoms with van der Waals surface area (Å²) in [6, 6.07) is 9.58. The van der Waals surface area contributed by atoms with Gasteiger partial charge in [0.2, 0.25) is 11.0 Å². The van der Waals surface area contributed by atoms with E-state index in [1.54, 1.807) is 0 Å². The second kappa shape index (κ2) is 11.6. The van der Waals surface area contributed by atoms with E-state index in [-0.39, 0.29) is 42.7 Å².